The van der Waals surface area contributed by atoms with Crippen LogP contribution in [0.2, 0.25) is 0 Å². The minimum atomic E-state index is 1.12. The van der Waals surface area contributed by atoms with Gasteiger partial charge in [-0.2, -0.15) is 0 Å². The van der Waals surface area contributed by atoms with E-state index < -0.39 is 0 Å². The van der Waals surface area contributed by atoms with Crippen LogP contribution in [-0.2, 0) is 0 Å². The average Bonchev–Trinajstić information content (AvgIpc) is 2.18. The summed E-state index contributed by atoms with van der Waals surface area (Å²) in [6.07, 6.45) is 22.5. The lowest BCUT2D eigenvalue weighted by molar-refractivity contribution is 0.842. The van der Waals surface area contributed by atoms with Crippen LogP contribution in [0.3, 0.4) is 0 Å². The number of hydrogen-bond acceptors (Lipinski definition) is 0. The molecule has 0 N–H and O–H groups in total. The van der Waals surface area contributed by atoms with Crippen molar-refractivity contribution in [1.82, 2.24) is 0 Å². The van der Waals surface area contributed by atoms with Crippen molar-refractivity contribution >= 4 is 0 Å². The van der Waals surface area contributed by atoms with Crippen LogP contribution >= 0.6 is 0 Å². The van der Waals surface area contributed by atoms with E-state index >= 15 is 0 Å². The first-order valence-corrected chi connectivity index (χ1v) is 5.45. The summed E-state index contributed by atoms with van der Waals surface area (Å²) < 4.78 is 0. The highest BCUT2D eigenvalue weighted by atomic mass is 13.9. The molecule has 0 radical (unpaired) electrons. The number of allylic oxidation sites excluding steroid dienone is 6. The minimum Gasteiger partial charge on any atom is -0.0885 e. The van der Waals surface area contributed by atoms with Crippen molar-refractivity contribution in [2.24, 2.45) is 0 Å². The Morgan fingerprint density at radius 3 is 1.31 bits per heavy atom. The maximum Gasteiger partial charge on any atom is -0.0169 e. The van der Waals surface area contributed by atoms with Crippen LogP contribution < -0.4 is 0 Å². The van der Waals surface area contributed by atoms with E-state index in [2.05, 4.69) is 36.5 Å². The van der Waals surface area contributed by atoms with Crippen LogP contribution in [-0.4, -0.2) is 0 Å². The standard InChI is InChI=1S/C13H20/c1-2-4-6-8-10-12-13-11-9-7-5-3-1/h1-2,5,7,10,12H,3-4,6,8-9,11,13H2/b2-1-,7-5+,12-10+. The summed E-state index contributed by atoms with van der Waals surface area (Å²) in [7, 11) is 0. The zero-order valence-corrected chi connectivity index (χ0v) is 8.41. The van der Waals surface area contributed by atoms with Gasteiger partial charge in [-0.15, -0.1) is 0 Å². The maximum absolute atomic E-state index is 2.33. The summed E-state index contributed by atoms with van der Waals surface area (Å²) in [5.41, 5.74) is 0. The van der Waals surface area contributed by atoms with E-state index in [1.807, 2.05) is 0 Å². The normalized spacial score (nSPS) is 27.7. The van der Waals surface area contributed by atoms with Crippen LogP contribution in [0.15, 0.2) is 36.5 Å². The molecule has 72 valence electrons. The zero-order valence-electron chi connectivity index (χ0n) is 8.41. The van der Waals surface area contributed by atoms with Crippen LogP contribution in [0.25, 0.3) is 0 Å². The van der Waals surface area contributed by atoms with Gasteiger partial charge in [0.2, 0.25) is 0 Å². The predicted molar refractivity (Wildman–Crippen MR) is 59.7 cm³/mol. The third kappa shape index (κ3) is 6.39. The molecule has 0 bridgehead atoms. The van der Waals surface area contributed by atoms with Gasteiger partial charge in [-0.3, -0.25) is 0 Å². The first-order valence-electron chi connectivity index (χ1n) is 5.45. The summed E-state index contributed by atoms with van der Waals surface area (Å²) in [5.74, 6) is 0. The molecule has 1 rings (SSSR count). The van der Waals surface area contributed by atoms with Gasteiger partial charge in [-0.1, -0.05) is 36.5 Å². The SMILES string of the molecule is C1=C\CCC/C=C/CCC/C=C/C/1. The van der Waals surface area contributed by atoms with Crippen molar-refractivity contribution < 1.29 is 0 Å². The van der Waals surface area contributed by atoms with E-state index in [1.54, 1.807) is 0 Å². The van der Waals surface area contributed by atoms with Gasteiger partial charge in [-0.25, -0.2) is 0 Å². The molecule has 0 nitrogen and oxygen atoms in total. The molecular weight excluding hydrogens is 156 g/mol. The maximum atomic E-state index is 2.33. The Morgan fingerprint density at radius 1 is 0.462 bits per heavy atom. The van der Waals surface area contributed by atoms with Gasteiger partial charge in [0.1, 0.15) is 0 Å². The second kappa shape index (κ2) is 7.85. The predicted octanol–water partition coefficient (Wildman–Crippen LogP) is 4.40. The fraction of sp³-hybridized carbons (Fsp3) is 0.538. The molecule has 0 saturated heterocycles. The minimum absolute atomic E-state index is 1.12. The molecule has 0 aliphatic heterocycles. The van der Waals surface area contributed by atoms with Gasteiger partial charge >= 0.3 is 0 Å². The third-order valence-electron chi connectivity index (χ3n) is 2.26. The monoisotopic (exact) mass is 176 g/mol. The zero-order chi connectivity index (χ0) is 9.19. The number of rotatable bonds is 0. The second-order valence-electron chi connectivity index (χ2n) is 3.51. The van der Waals surface area contributed by atoms with Gasteiger partial charge in [0, 0.05) is 0 Å². The molecule has 0 aromatic carbocycles. The van der Waals surface area contributed by atoms with Gasteiger partial charge in [0.25, 0.3) is 0 Å². The first kappa shape index (κ1) is 10.3. The molecule has 0 fully saturated rings. The van der Waals surface area contributed by atoms with E-state index in [0.717, 1.165) is 6.42 Å². The molecule has 1 aliphatic carbocycles. The Kier molecular flexibility index (Phi) is 6.22. The van der Waals surface area contributed by atoms with Gasteiger partial charge in [-0.05, 0) is 44.9 Å². The Hall–Kier alpha value is -0.780. The summed E-state index contributed by atoms with van der Waals surface area (Å²) >= 11 is 0. The van der Waals surface area contributed by atoms with E-state index in [1.165, 1.54) is 38.5 Å². The highest BCUT2D eigenvalue weighted by molar-refractivity contribution is 4.94. The van der Waals surface area contributed by atoms with Crippen LogP contribution in [0.5, 0.6) is 0 Å². The molecule has 0 atom stereocenters. The molecular formula is C13H20. The highest BCUT2D eigenvalue weighted by Crippen LogP contribution is 2.04. The lowest BCUT2D eigenvalue weighted by atomic mass is 10.2. The molecule has 0 heteroatoms. The van der Waals surface area contributed by atoms with Gasteiger partial charge < -0.3 is 0 Å². The summed E-state index contributed by atoms with van der Waals surface area (Å²) in [6, 6.07) is 0. The van der Waals surface area contributed by atoms with Crippen molar-refractivity contribution in [3.8, 4) is 0 Å². The van der Waals surface area contributed by atoms with Crippen molar-refractivity contribution in [3.63, 3.8) is 0 Å². The third-order valence-corrected chi connectivity index (χ3v) is 2.26. The van der Waals surface area contributed by atoms with Crippen molar-refractivity contribution in [2.45, 2.75) is 44.9 Å². The average molecular weight is 176 g/mol. The number of hydrogen-bond donors (Lipinski definition) is 0. The molecule has 13 heavy (non-hydrogen) atoms. The summed E-state index contributed by atoms with van der Waals surface area (Å²) in [4.78, 5) is 0. The molecule has 0 heterocycles. The van der Waals surface area contributed by atoms with Crippen LogP contribution in [0.4, 0.5) is 0 Å². The fourth-order valence-electron chi connectivity index (χ4n) is 1.45. The molecule has 0 aromatic rings. The molecule has 0 amide bonds. The molecule has 0 spiro atoms. The van der Waals surface area contributed by atoms with Gasteiger partial charge in [0.05, 0.1) is 0 Å². The lowest BCUT2D eigenvalue weighted by Gasteiger charge is -1.90. The van der Waals surface area contributed by atoms with Gasteiger partial charge in [0.15, 0.2) is 0 Å². The molecule has 0 aromatic heterocycles. The van der Waals surface area contributed by atoms with Crippen molar-refractivity contribution in [1.29, 1.82) is 0 Å². The summed E-state index contributed by atoms with van der Waals surface area (Å²) in [6.45, 7) is 0. The van der Waals surface area contributed by atoms with E-state index in [-0.39, 0.29) is 0 Å². The Balaban J connectivity index is 2.27. The fourth-order valence-corrected chi connectivity index (χ4v) is 1.45. The quantitative estimate of drug-likeness (QED) is 0.480. The van der Waals surface area contributed by atoms with Crippen LogP contribution in [0.1, 0.15) is 44.9 Å². The van der Waals surface area contributed by atoms with Crippen molar-refractivity contribution in [2.75, 3.05) is 0 Å². The molecule has 1 aliphatic rings. The Morgan fingerprint density at radius 2 is 0.846 bits per heavy atom. The lowest BCUT2D eigenvalue weighted by Crippen LogP contribution is -1.70. The topological polar surface area (TPSA) is 0 Å². The first-order chi connectivity index (χ1) is 6.50. The van der Waals surface area contributed by atoms with Crippen LogP contribution in [0, 0.1) is 0 Å². The largest absolute Gasteiger partial charge is 0.0885 e. The van der Waals surface area contributed by atoms with E-state index in [0.29, 0.717) is 0 Å². The Bertz CT molecular complexity index is 164. The smallest absolute Gasteiger partial charge is 0.0169 e. The van der Waals surface area contributed by atoms with Crippen molar-refractivity contribution in [3.05, 3.63) is 36.5 Å². The second-order valence-corrected chi connectivity index (χ2v) is 3.51. The molecule has 0 unspecified atom stereocenters. The summed E-state index contributed by atoms with van der Waals surface area (Å²) in [5, 5.41) is 0. The molecule has 0 saturated carbocycles. The highest BCUT2D eigenvalue weighted by Gasteiger charge is 1.84. The van der Waals surface area contributed by atoms with E-state index in [4.69, 9.17) is 0 Å². The Labute approximate surface area is 82.0 Å². The van der Waals surface area contributed by atoms with E-state index in [9.17, 15) is 0 Å².